The fraction of sp³-hybridized carbons (Fsp3) is 0.286. The van der Waals surface area contributed by atoms with Crippen LogP contribution < -0.4 is 5.32 Å². The number of hydrogen-bond acceptors (Lipinski definition) is 3. The molecular formula is C14H16ClN3OS. The largest absolute Gasteiger partial charge is 0.353 e. The van der Waals surface area contributed by atoms with Crippen LogP contribution in [-0.2, 0) is 4.79 Å². The molecule has 1 N–H and O–H groups in total. The maximum Gasteiger partial charge on any atom is 0.244 e. The highest BCUT2D eigenvalue weighted by molar-refractivity contribution is 7.99. The van der Waals surface area contributed by atoms with Crippen LogP contribution in [0, 0.1) is 0 Å². The number of aromatic nitrogens is 2. The van der Waals surface area contributed by atoms with Crippen LogP contribution in [0.2, 0.25) is 5.02 Å². The van der Waals surface area contributed by atoms with Crippen molar-refractivity contribution >= 4 is 29.3 Å². The van der Waals surface area contributed by atoms with E-state index in [0.29, 0.717) is 6.54 Å². The van der Waals surface area contributed by atoms with E-state index in [9.17, 15) is 4.79 Å². The summed E-state index contributed by atoms with van der Waals surface area (Å²) in [6, 6.07) is 9.19. The molecule has 2 rings (SSSR count). The second-order valence-corrected chi connectivity index (χ2v) is 5.86. The van der Waals surface area contributed by atoms with E-state index in [1.54, 1.807) is 34.9 Å². The van der Waals surface area contributed by atoms with E-state index in [4.69, 9.17) is 11.6 Å². The zero-order chi connectivity index (χ0) is 14.4. The van der Waals surface area contributed by atoms with Gasteiger partial charge in [-0.05, 0) is 37.3 Å². The minimum absolute atomic E-state index is 0.0228. The Balaban J connectivity index is 1.70. The van der Waals surface area contributed by atoms with Crippen LogP contribution in [0.5, 0.6) is 0 Å². The number of halogens is 1. The molecule has 1 unspecified atom stereocenters. The Kier molecular flexibility index (Phi) is 5.49. The highest BCUT2D eigenvalue weighted by atomic mass is 35.5. The average molecular weight is 310 g/mol. The maximum atomic E-state index is 11.9. The number of nitrogens with one attached hydrogen (secondary N) is 1. The number of nitrogens with zero attached hydrogens (tertiary/aromatic N) is 2. The molecule has 106 valence electrons. The first-order chi connectivity index (χ1) is 9.66. The molecule has 1 aromatic heterocycles. The number of amides is 1. The lowest BCUT2D eigenvalue weighted by Gasteiger charge is -2.12. The Hall–Kier alpha value is -1.46. The molecule has 1 amide bonds. The van der Waals surface area contributed by atoms with Crippen LogP contribution in [0.3, 0.4) is 0 Å². The number of hydrogen-bond donors (Lipinski definition) is 1. The molecule has 4 nitrogen and oxygen atoms in total. The summed E-state index contributed by atoms with van der Waals surface area (Å²) in [5, 5.41) is 7.70. The summed E-state index contributed by atoms with van der Waals surface area (Å²) in [6.45, 7) is 2.45. The van der Waals surface area contributed by atoms with Crippen molar-refractivity contribution in [2.75, 3.05) is 12.3 Å². The smallest absolute Gasteiger partial charge is 0.244 e. The molecule has 0 saturated carbocycles. The first-order valence-electron chi connectivity index (χ1n) is 6.32. The molecule has 0 aliphatic rings. The SMILES string of the molecule is CC(C(=O)NCCSc1ccc(Cl)cc1)n1cccn1. The molecular weight excluding hydrogens is 294 g/mol. The third-order valence-electron chi connectivity index (χ3n) is 2.78. The second-order valence-electron chi connectivity index (χ2n) is 4.26. The van der Waals surface area contributed by atoms with Crippen LogP contribution >= 0.6 is 23.4 Å². The van der Waals surface area contributed by atoms with Crippen molar-refractivity contribution in [1.29, 1.82) is 0 Å². The van der Waals surface area contributed by atoms with E-state index >= 15 is 0 Å². The van der Waals surface area contributed by atoms with Gasteiger partial charge in [0, 0.05) is 34.6 Å². The molecule has 0 aliphatic heterocycles. The molecule has 0 spiro atoms. The molecule has 0 radical (unpaired) electrons. The normalized spacial score (nSPS) is 12.1. The molecule has 1 heterocycles. The van der Waals surface area contributed by atoms with E-state index in [-0.39, 0.29) is 11.9 Å². The molecule has 0 bridgehead atoms. The van der Waals surface area contributed by atoms with Gasteiger partial charge in [-0.3, -0.25) is 9.48 Å². The lowest BCUT2D eigenvalue weighted by atomic mass is 10.3. The van der Waals surface area contributed by atoms with Gasteiger partial charge in [-0.15, -0.1) is 11.8 Å². The van der Waals surface area contributed by atoms with Gasteiger partial charge in [-0.25, -0.2) is 0 Å². The topological polar surface area (TPSA) is 46.9 Å². The van der Waals surface area contributed by atoms with Gasteiger partial charge in [0.05, 0.1) is 0 Å². The van der Waals surface area contributed by atoms with E-state index in [1.807, 2.05) is 31.2 Å². The summed E-state index contributed by atoms with van der Waals surface area (Å²) < 4.78 is 1.64. The van der Waals surface area contributed by atoms with E-state index in [1.165, 1.54) is 0 Å². The molecule has 6 heteroatoms. The first-order valence-corrected chi connectivity index (χ1v) is 7.68. The average Bonchev–Trinajstić information content (AvgIpc) is 2.98. The number of benzene rings is 1. The lowest BCUT2D eigenvalue weighted by molar-refractivity contribution is -0.124. The van der Waals surface area contributed by atoms with Crippen LogP contribution in [0.25, 0.3) is 0 Å². The van der Waals surface area contributed by atoms with Gasteiger partial charge in [-0.2, -0.15) is 5.10 Å². The first kappa shape index (κ1) is 14.9. The minimum atomic E-state index is -0.287. The third-order valence-corrected chi connectivity index (χ3v) is 4.05. The Morgan fingerprint density at radius 3 is 2.85 bits per heavy atom. The lowest BCUT2D eigenvalue weighted by Crippen LogP contribution is -2.32. The fourth-order valence-corrected chi connectivity index (χ4v) is 2.55. The summed E-state index contributed by atoms with van der Waals surface area (Å²) in [7, 11) is 0. The molecule has 1 aromatic carbocycles. The molecule has 0 saturated heterocycles. The molecule has 0 aliphatic carbocycles. The van der Waals surface area contributed by atoms with E-state index in [0.717, 1.165) is 15.7 Å². The van der Waals surface area contributed by atoms with Gasteiger partial charge in [-0.1, -0.05) is 11.6 Å². The summed E-state index contributed by atoms with van der Waals surface area (Å²) in [5.74, 6) is 0.796. The summed E-state index contributed by atoms with van der Waals surface area (Å²) >= 11 is 7.51. The quantitative estimate of drug-likeness (QED) is 0.659. The van der Waals surface area contributed by atoms with Gasteiger partial charge < -0.3 is 5.32 Å². The van der Waals surface area contributed by atoms with E-state index in [2.05, 4.69) is 10.4 Å². The monoisotopic (exact) mass is 309 g/mol. The number of carbonyl (C=O) groups excluding carboxylic acids is 1. The van der Waals surface area contributed by atoms with Crippen molar-refractivity contribution in [3.63, 3.8) is 0 Å². The third kappa shape index (κ3) is 4.28. The van der Waals surface area contributed by atoms with Gasteiger partial charge in [0.15, 0.2) is 0 Å². The van der Waals surface area contributed by atoms with Gasteiger partial charge in [0.2, 0.25) is 5.91 Å². The number of thioether (sulfide) groups is 1. The van der Waals surface area contributed by atoms with Crippen LogP contribution in [0.1, 0.15) is 13.0 Å². The maximum absolute atomic E-state index is 11.9. The molecule has 1 atom stereocenters. The van der Waals surface area contributed by atoms with Gasteiger partial charge >= 0.3 is 0 Å². The zero-order valence-electron chi connectivity index (χ0n) is 11.1. The molecule has 2 aromatic rings. The predicted octanol–water partition coefficient (Wildman–Crippen LogP) is 3.01. The van der Waals surface area contributed by atoms with E-state index < -0.39 is 0 Å². The van der Waals surface area contributed by atoms with Crippen LogP contribution in [0.15, 0.2) is 47.6 Å². The Morgan fingerprint density at radius 1 is 1.45 bits per heavy atom. The van der Waals surface area contributed by atoms with Crippen molar-refractivity contribution in [3.05, 3.63) is 47.7 Å². The highest BCUT2D eigenvalue weighted by Crippen LogP contribution is 2.19. The second kappa shape index (κ2) is 7.36. The Labute approximate surface area is 127 Å². The number of carbonyl (C=O) groups is 1. The van der Waals surface area contributed by atoms with Crippen LogP contribution in [0.4, 0.5) is 0 Å². The summed E-state index contributed by atoms with van der Waals surface area (Å²) in [5.41, 5.74) is 0. The van der Waals surface area contributed by atoms with Gasteiger partial charge in [0.1, 0.15) is 6.04 Å². The Morgan fingerprint density at radius 2 is 2.20 bits per heavy atom. The van der Waals surface area contributed by atoms with Crippen molar-refractivity contribution < 1.29 is 4.79 Å². The molecule has 20 heavy (non-hydrogen) atoms. The molecule has 0 fully saturated rings. The predicted molar refractivity (Wildman–Crippen MR) is 82.1 cm³/mol. The highest BCUT2D eigenvalue weighted by Gasteiger charge is 2.13. The minimum Gasteiger partial charge on any atom is -0.353 e. The van der Waals surface area contributed by atoms with Crippen LogP contribution in [-0.4, -0.2) is 28.0 Å². The van der Waals surface area contributed by atoms with Crippen molar-refractivity contribution in [3.8, 4) is 0 Å². The standard InChI is InChI=1S/C14H16ClN3OS/c1-11(18-9-2-7-17-18)14(19)16-8-10-20-13-5-3-12(15)4-6-13/h2-7,9,11H,8,10H2,1H3,(H,16,19). The van der Waals surface area contributed by atoms with Crippen molar-refractivity contribution in [2.45, 2.75) is 17.9 Å². The Bertz CT molecular complexity index is 542. The number of rotatable bonds is 6. The summed E-state index contributed by atoms with van der Waals surface area (Å²) in [6.07, 6.45) is 3.45. The summed E-state index contributed by atoms with van der Waals surface area (Å²) in [4.78, 5) is 13.0. The van der Waals surface area contributed by atoms with Crippen molar-refractivity contribution in [1.82, 2.24) is 15.1 Å². The fourth-order valence-electron chi connectivity index (χ4n) is 1.65. The van der Waals surface area contributed by atoms with Gasteiger partial charge in [0.25, 0.3) is 0 Å². The van der Waals surface area contributed by atoms with Crippen molar-refractivity contribution in [2.24, 2.45) is 0 Å². The zero-order valence-corrected chi connectivity index (χ0v) is 12.7.